The lowest BCUT2D eigenvalue weighted by Crippen LogP contribution is -2.51. The number of ether oxygens (including phenoxy) is 1. The van der Waals surface area contributed by atoms with Crippen LogP contribution in [0.15, 0.2) is 48.5 Å². The highest BCUT2D eigenvalue weighted by molar-refractivity contribution is 5.80. The van der Waals surface area contributed by atoms with Gasteiger partial charge in [-0.05, 0) is 81.8 Å². The van der Waals surface area contributed by atoms with Crippen LogP contribution in [0.3, 0.4) is 0 Å². The summed E-state index contributed by atoms with van der Waals surface area (Å²) in [5.74, 6) is 5.02. The number of rotatable bonds is 3. The highest BCUT2D eigenvalue weighted by atomic mass is 19.4. The maximum Gasteiger partial charge on any atom is 0.426 e. The molecule has 2 fully saturated rings. The molecule has 0 spiro atoms. The first-order valence-electron chi connectivity index (χ1n) is 13.6. The van der Waals surface area contributed by atoms with Crippen LogP contribution >= 0.6 is 0 Å². The highest BCUT2D eigenvalue weighted by Crippen LogP contribution is 2.36. The Balaban J connectivity index is 0.000000248. The third-order valence-electron chi connectivity index (χ3n) is 6.75. The van der Waals surface area contributed by atoms with E-state index in [2.05, 4.69) is 5.43 Å². The van der Waals surface area contributed by atoms with E-state index < -0.39 is 47.3 Å². The topological polar surface area (TPSA) is 105 Å². The smallest absolute Gasteiger partial charge is 0.426 e. The molecule has 2 saturated heterocycles. The number of amides is 3. The van der Waals surface area contributed by atoms with Crippen LogP contribution in [0.4, 0.5) is 31.1 Å². The molecule has 2 atom stereocenters. The molecular weight excluding hydrogens is 582 g/mol. The van der Waals surface area contributed by atoms with Crippen molar-refractivity contribution in [2.24, 2.45) is 5.84 Å². The molecular formula is C29H34F6N4O4. The number of hydrogen-bond acceptors (Lipinski definition) is 5. The van der Waals surface area contributed by atoms with E-state index in [4.69, 9.17) is 10.6 Å². The van der Waals surface area contributed by atoms with Crippen LogP contribution in [0, 0.1) is 0 Å². The van der Waals surface area contributed by atoms with Gasteiger partial charge in [0.2, 0.25) is 11.8 Å². The van der Waals surface area contributed by atoms with Crippen LogP contribution < -0.4 is 11.3 Å². The van der Waals surface area contributed by atoms with Gasteiger partial charge in [0.15, 0.2) is 0 Å². The highest BCUT2D eigenvalue weighted by Gasteiger charge is 2.36. The van der Waals surface area contributed by atoms with Crippen LogP contribution in [0.5, 0.6) is 0 Å². The van der Waals surface area contributed by atoms with E-state index in [0.29, 0.717) is 43.2 Å². The Hall–Kier alpha value is -3.81. The van der Waals surface area contributed by atoms with E-state index in [0.717, 1.165) is 34.3 Å². The van der Waals surface area contributed by atoms with Crippen LogP contribution in [0.2, 0.25) is 0 Å². The molecule has 2 aliphatic heterocycles. The fourth-order valence-corrected chi connectivity index (χ4v) is 4.79. The molecule has 4 rings (SSSR count). The molecule has 14 heteroatoms. The summed E-state index contributed by atoms with van der Waals surface area (Å²) in [6, 6.07) is 8.63. The zero-order chi connectivity index (χ0) is 32.2. The summed E-state index contributed by atoms with van der Waals surface area (Å²) >= 11 is 0. The second-order valence-corrected chi connectivity index (χ2v) is 11.2. The summed E-state index contributed by atoms with van der Waals surface area (Å²) < 4.78 is 81.7. The van der Waals surface area contributed by atoms with Crippen molar-refractivity contribution < 1.29 is 45.5 Å². The molecule has 8 nitrogen and oxygen atoms in total. The predicted molar refractivity (Wildman–Crippen MR) is 143 cm³/mol. The fourth-order valence-electron chi connectivity index (χ4n) is 4.79. The van der Waals surface area contributed by atoms with Gasteiger partial charge in [0.25, 0.3) is 0 Å². The Morgan fingerprint density at radius 2 is 1.28 bits per heavy atom. The Bertz CT molecular complexity index is 1310. The molecule has 0 radical (unpaired) electrons. The Morgan fingerprint density at radius 1 is 0.814 bits per heavy atom. The molecule has 3 amide bonds. The molecule has 0 saturated carbocycles. The summed E-state index contributed by atoms with van der Waals surface area (Å²) in [4.78, 5) is 35.6. The first-order chi connectivity index (χ1) is 19.9. The van der Waals surface area contributed by atoms with Gasteiger partial charge in [-0.1, -0.05) is 24.3 Å². The quantitative estimate of drug-likeness (QED) is 0.224. The second-order valence-electron chi connectivity index (χ2n) is 11.2. The molecule has 2 unspecified atom stereocenters. The van der Waals surface area contributed by atoms with Crippen molar-refractivity contribution in [3.8, 4) is 0 Å². The number of piperidine rings is 2. The molecule has 2 aromatic carbocycles. The number of alkyl halides is 6. The fraction of sp³-hybridized carbons (Fsp3) is 0.483. The SMILES string of the molecule is CC(C)(C)OC(=O)NN1C(=O)CCCC1c1cccc(C(F)(F)F)c1.NN1C(=O)CCCC1c1cccc(C(F)(F)F)c1. The average molecular weight is 617 g/mol. The van der Waals surface area contributed by atoms with Crippen molar-refractivity contribution in [1.82, 2.24) is 15.4 Å². The van der Waals surface area contributed by atoms with E-state index in [1.807, 2.05) is 0 Å². The van der Waals surface area contributed by atoms with Crippen molar-refractivity contribution in [3.05, 3.63) is 70.8 Å². The Morgan fingerprint density at radius 3 is 1.77 bits per heavy atom. The lowest BCUT2D eigenvalue weighted by Gasteiger charge is -2.36. The Kier molecular flexibility index (Phi) is 10.4. The summed E-state index contributed by atoms with van der Waals surface area (Å²) in [6.07, 6.45) is -6.89. The number of hydrazine groups is 2. The lowest BCUT2D eigenvalue weighted by molar-refractivity contribution is -0.141. The number of nitrogens with two attached hydrogens (primary N) is 1. The van der Waals surface area contributed by atoms with Gasteiger partial charge in [-0.15, -0.1) is 0 Å². The number of benzene rings is 2. The van der Waals surface area contributed by atoms with Gasteiger partial charge in [0, 0.05) is 12.8 Å². The summed E-state index contributed by atoms with van der Waals surface area (Å²) in [5, 5.41) is 2.12. The minimum absolute atomic E-state index is 0.214. The van der Waals surface area contributed by atoms with Crippen LogP contribution in [0.25, 0.3) is 0 Å². The van der Waals surface area contributed by atoms with Crippen molar-refractivity contribution in [2.45, 2.75) is 89.3 Å². The van der Waals surface area contributed by atoms with Gasteiger partial charge < -0.3 is 4.74 Å². The minimum atomic E-state index is -4.47. The molecule has 0 bridgehead atoms. The number of hydrogen-bond donors (Lipinski definition) is 2. The molecule has 0 aliphatic carbocycles. The van der Waals surface area contributed by atoms with Crippen molar-refractivity contribution >= 4 is 17.9 Å². The van der Waals surface area contributed by atoms with Crippen LogP contribution in [-0.2, 0) is 26.7 Å². The van der Waals surface area contributed by atoms with Crippen LogP contribution in [-0.4, -0.2) is 33.5 Å². The van der Waals surface area contributed by atoms with Crippen molar-refractivity contribution in [2.75, 3.05) is 0 Å². The van der Waals surface area contributed by atoms with E-state index in [1.54, 1.807) is 26.8 Å². The van der Waals surface area contributed by atoms with Crippen molar-refractivity contribution in [1.29, 1.82) is 0 Å². The Labute approximate surface area is 245 Å². The normalized spacial score (nSPS) is 19.9. The number of carbonyl (C=O) groups is 3. The van der Waals surface area contributed by atoms with Gasteiger partial charge in [-0.3, -0.25) is 14.6 Å². The number of carbonyl (C=O) groups excluding carboxylic acids is 3. The monoisotopic (exact) mass is 616 g/mol. The lowest BCUT2D eigenvalue weighted by atomic mass is 9.95. The van der Waals surface area contributed by atoms with Gasteiger partial charge in [-0.25, -0.2) is 21.1 Å². The maximum atomic E-state index is 12.9. The van der Waals surface area contributed by atoms with E-state index in [9.17, 15) is 40.7 Å². The van der Waals surface area contributed by atoms with E-state index in [-0.39, 0.29) is 18.2 Å². The third-order valence-corrected chi connectivity index (χ3v) is 6.75. The van der Waals surface area contributed by atoms with Gasteiger partial charge in [-0.2, -0.15) is 26.3 Å². The molecule has 2 aromatic rings. The largest absolute Gasteiger partial charge is 0.443 e. The molecule has 236 valence electrons. The molecule has 2 heterocycles. The zero-order valence-electron chi connectivity index (χ0n) is 23.9. The second kappa shape index (κ2) is 13.2. The van der Waals surface area contributed by atoms with Crippen molar-refractivity contribution in [3.63, 3.8) is 0 Å². The first kappa shape index (κ1) is 33.7. The minimum Gasteiger partial charge on any atom is -0.443 e. The van der Waals surface area contributed by atoms with E-state index in [1.165, 1.54) is 18.2 Å². The molecule has 2 aliphatic rings. The van der Waals surface area contributed by atoms with E-state index >= 15 is 0 Å². The predicted octanol–water partition coefficient (Wildman–Crippen LogP) is 6.83. The van der Waals surface area contributed by atoms with Gasteiger partial charge >= 0.3 is 18.4 Å². The molecule has 0 aromatic heterocycles. The number of nitrogens with zero attached hydrogens (tertiary/aromatic N) is 2. The first-order valence-corrected chi connectivity index (χ1v) is 13.6. The third kappa shape index (κ3) is 9.34. The van der Waals surface area contributed by atoms with Crippen LogP contribution in [0.1, 0.15) is 93.6 Å². The summed E-state index contributed by atoms with van der Waals surface area (Å²) in [7, 11) is 0. The van der Waals surface area contributed by atoms with Gasteiger partial charge in [0.1, 0.15) is 5.60 Å². The number of nitrogens with one attached hydrogen (secondary N) is 1. The number of halogens is 6. The average Bonchev–Trinajstić information content (AvgIpc) is 2.90. The summed E-state index contributed by atoms with van der Waals surface area (Å²) in [5.41, 5.74) is 0.860. The zero-order valence-corrected chi connectivity index (χ0v) is 23.9. The summed E-state index contributed by atoms with van der Waals surface area (Å²) in [6.45, 7) is 5.03. The molecule has 3 N–H and O–H groups in total. The molecule has 43 heavy (non-hydrogen) atoms. The maximum absolute atomic E-state index is 12.9. The van der Waals surface area contributed by atoms with Gasteiger partial charge in [0.05, 0.1) is 23.2 Å². The standard InChI is InChI=1S/C17H21F3N2O3.C12H13F3N2O/c1-16(2,3)25-15(24)21-22-13(8-5-9-14(22)23)11-6-4-7-12(10-11)17(18,19)20;13-12(14,15)9-4-1-3-8(7-9)10-5-2-6-11(18)17(10)16/h4,6-7,10,13H,5,8-9H2,1-3H3,(H,21,24);1,3-4,7,10H,2,5-6,16H2.